The smallest absolute Gasteiger partial charge is 0.291 e. The van der Waals surface area contributed by atoms with E-state index >= 15 is 0 Å². The minimum absolute atomic E-state index is 0.0954. The van der Waals surface area contributed by atoms with Crippen LogP contribution in [0.15, 0.2) is 57.8 Å². The number of hydrogen-bond acceptors (Lipinski definition) is 5. The van der Waals surface area contributed by atoms with Crippen molar-refractivity contribution in [1.29, 1.82) is 0 Å². The third-order valence-corrected chi connectivity index (χ3v) is 5.94. The van der Waals surface area contributed by atoms with Crippen LogP contribution in [0.2, 0.25) is 0 Å². The predicted molar refractivity (Wildman–Crippen MR) is 106 cm³/mol. The molecule has 0 aliphatic heterocycles. The molecule has 0 bridgehead atoms. The molecule has 0 spiro atoms. The Labute approximate surface area is 158 Å². The number of nitrogens with one attached hydrogen (secondary N) is 1. The van der Waals surface area contributed by atoms with Crippen LogP contribution in [0, 0.1) is 0 Å². The number of rotatable bonds is 5. The number of carbonyl (C=O) groups excluding carboxylic acids is 1. The summed E-state index contributed by atoms with van der Waals surface area (Å²) in [4.78, 5) is 14.6. The van der Waals surface area contributed by atoms with Crippen LogP contribution in [-0.2, 0) is 10.0 Å². The van der Waals surface area contributed by atoms with Crippen molar-refractivity contribution in [3.8, 4) is 0 Å². The lowest BCUT2D eigenvalue weighted by Crippen LogP contribution is -2.23. The van der Waals surface area contributed by atoms with Gasteiger partial charge in [-0.05, 0) is 30.3 Å². The highest BCUT2D eigenvalue weighted by Crippen LogP contribution is 2.29. The van der Waals surface area contributed by atoms with Gasteiger partial charge >= 0.3 is 0 Å². The van der Waals surface area contributed by atoms with Crippen LogP contribution in [0.5, 0.6) is 0 Å². The number of para-hydroxylation sites is 1. The molecule has 7 nitrogen and oxygen atoms in total. The molecule has 1 N–H and O–H groups in total. The number of furan rings is 1. The first-order valence-electron chi connectivity index (χ1n) is 8.24. The zero-order chi connectivity index (χ0) is 19.8. The first-order valence-corrected chi connectivity index (χ1v) is 9.68. The lowest BCUT2D eigenvalue weighted by atomic mass is 10.2. The largest absolute Gasteiger partial charge is 0.451 e. The van der Waals surface area contributed by atoms with Gasteiger partial charge in [-0.25, -0.2) is 12.7 Å². The molecular formula is C19H21N3O4S. The summed E-state index contributed by atoms with van der Waals surface area (Å²) < 4.78 is 31.6. The topological polar surface area (TPSA) is 82.9 Å². The summed E-state index contributed by atoms with van der Waals surface area (Å²) in [5.41, 5.74) is 1.67. The van der Waals surface area contributed by atoms with Crippen LogP contribution in [0.25, 0.3) is 11.0 Å². The van der Waals surface area contributed by atoms with Gasteiger partial charge in [-0.3, -0.25) is 4.79 Å². The van der Waals surface area contributed by atoms with E-state index in [1.165, 1.54) is 26.2 Å². The molecule has 0 fully saturated rings. The lowest BCUT2D eigenvalue weighted by Gasteiger charge is -2.20. The molecule has 8 heteroatoms. The van der Waals surface area contributed by atoms with Crippen molar-refractivity contribution in [3.63, 3.8) is 0 Å². The van der Waals surface area contributed by atoms with Crippen LogP contribution < -0.4 is 10.2 Å². The number of fused-ring (bicyclic) bond motifs is 1. The lowest BCUT2D eigenvalue weighted by molar-refractivity contribution is 0.0998. The molecule has 0 saturated heterocycles. The predicted octanol–water partition coefficient (Wildman–Crippen LogP) is 3.00. The molecule has 3 aromatic rings. The van der Waals surface area contributed by atoms with Crippen LogP contribution >= 0.6 is 0 Å². The number of amides is 1. The number of nitrogens with zero attached hydrogens (tertiary/aromatic N) is 2. The molecule has 1 amide bonds. The van der Waals surface area contributed by atoms with Gasteiger partial charge in [-0.2, -0.15) is 0 Å². The highest BCUT2D eigenvalue weighted by Gasteiger charge is 2.21. The van der Waals surface area contributed by atoms with Gasteiger partial charge in [0.05, 0.1) is 16.3 Å². The minimum atomic E-state index is -3.62. The summed E-state index contributed by atoms with van der Waals surface area (Å²) >= 11 is 0. The van der Waals surface area contributed by atoms with Crippen molar-refractivity contribution < 1.29 is 17.6 Å². The Morgan fingerprint density at radius 2 is 1.70 bits per heavy atom. The van der Waals surface area contributed by atoms with Gasteiger partial charge in [0.1, 0.15) is 5.58 Å². The number of carbonyl (C=O) groups is 1. The van der Waals surface area contributed by atoms with Crippen molar-refractivity contribution >= 4 is 38.3 Å². The molecule has 0 saturated carbocycles. The molecule has 3 rings (SSSR count). The first kappa shape index (κ1) is 18.9. The SMILES string of the molecule is CN(C)c1ccc(S(=O)(=O)N(C)C)cc1NC(=O)c1cc2ccccc2o1. The fourth-order valence-electron chi connectivity index (χ4n) is 2.65. The standard InChI is InChI=1S/C19H21N3O4S/c1-21(2)16-10-9-14(27(24,25)22(3)4)12-15(16)20-19(23)18-11-13-7-5-6-8-17(13)26-18/h5-12H,1-4H3,(H,20,23). The fraction of sp³-hybridized carbons (Fsp3) is 0.211. The van der Waals surface area contributed by atoms with E-state index in [-0.39, 0.29) is 10.7 Å². The van der Waals surface area contributed by atoms with Gasteiger partial charge in [0.2, 0.25) is 10.0 Å². The van der Waals surface area contributed by atoms with E-state index in [2.05, 4.69) is 5.32 Å². The summed E-state index contributed by atoms with van der Waals surface area (Å²) in [5.74, 6) is -0.296. The number of hydrogen-bond donors (Lipinski definition) is 1. The summed E-state index contributed by atoms with van der Waals surface area (Å²) in [6.45, 7) is 0. The average molecular weight is 387 g/mol. The maximum atomic E-state index is 12.7. The Bertz CT molecular complexity index is 1070. The van der Waals surface area contributed by atoms with Gasteiger partial charge < -0.3 is 14.6 Å². The maximum absolute atomic E-state index is 12.7. The van der Waals surface area contributed by atoms with Crippen LogP contribution in [0.1, 0.15) is 10.6 Å². The van der Waals surface area contributed by atoms with Gasteiger partial charge in [0.15, 0.2) is 5.76 Å². The molecule has 2 aromatic carbocycles. The second kappa shape index (κ2) is 7.05. The second-order valence-corrected chi connectivity index (χ2v) is 8.62. The number of sulfonamides is 1. The molecule has 1 aromatic heterocycles. The van der Waals surface area contributed by atoms with E-state index in [0.29, 0.717) is 17.0 Å². The third-order valence-electron chi connectivity index (χ3n) is 4.13. The van der Waals surface area contributed by atoms with Gasteiger partial charge in [-0.15, -0.1) is 0 Å². The van der Waals surface area contributed by atoms with Crippen LogP contribution in [0.4, 0.5) is 11.4 Å². The van der Waals surface area contributed by atoms with E-state index in [1.807, 2.05) is 32.3 Å². The summed E-state index contributed by atoms with van der Waals surface area (Å²) in [7, 11) is 2.92. The van der Waals surface area contributed by atoms with Crippen molar-refractivity contribution in [1.82, 2.24) is 4.31 Å². The zero-order valence-corrected chi connectivity index (χ0v) is 16.4. The minimum Gasteiger partial charge on any atom is -0.451 e. The van der Waals surface area contributed by atoms with E-state index in [4.69, 9.17) is 4.42 Å². The van der Waals surface area contributed by atoms with Crippen molar-refractivity contribution in [3.05, 3.63) is 54.3 Å². The van der Waals surface area contributed by atoms with Crippen molar-refractivity contribution in [2.45, 2.75) is 4.90 Å². The highest BCUT2D eigenvalue weighted by molar-refractivity contribution is 7.89. The Hall–Kier alpha value is -2.84. The van der Waals surface area contributed by atoms with Gasteiger partial charge in [0, 0.05) is 33.6 Å². The van der Waals surface area contributed by atoms with E-state index in [0.717, 1.165) is 9.69 Å². The van der Waals surface area contributed by atoms with Crippen molar-refractivity contribution in [2.24, 2.45) is 0 Å². The summed E-state index contributed by atoms with van der Waals surface area (Å²) in [6.07, 6.45) is 0. The van der Waals surface area contributed by atoms with Crippen LogP contribution in [-0.4, -0.2) is 46.8 Å². The Balaban J connectivity index is 2.00. The molecule has 0 atom stereocenters. The van der Waals surface area contributed by atoms with E-state index in [1.54, 1.807) is 23.1 Å². The average Bonchev–Trinajstić information content (AvgIpc) is 3.05. The Morgan fingerprint density at radius 1 is 1.00 bits per heavy atom. The molecule has 0 aliphatic rings. The summed E-state index contributed by atoms with van der Waals surface area (Å²) in [6, 6.07) is 13.6. The molecule has 0 radical (unpaired) electrons. The van der Waals surface area contributed by atoms with E-state index in [9.17, 15) is 13.2 Å². The second-order valence-electron chi connectivity index (χ2n) is 6.46. The Morgan fingerprint density at radius 3 is 2.33 bits per heavy atom. The molecule has 0 unspecified atom stereocenters. The number of anilines is 2. The summed E-state index contributed by atoms with van der Waals surface area (Å²) in [5, 5.41) is 3.58. The molecule has 142 valence electrons. The monoisotopic (exact) mass is 387 g/mol. The molecular weight excluding hydrogens is 366 g/mol. The Kier molecular flexibility index (Phi) is 4.95. The van der Waals surface area contributed by atoms with Gasteiger partial charge in [0.25, 0.3) is 5.91 Å². The molecule has 1 heterocycles. The molecule has 27 heavy (non-hydrogen) atoms. The zero-order valence-electron chi connectivity index (χ0n) is 15.6. The van der Waals surface area contributed by atoms with Crippen LogP contribution in [0.3, 0.4) is 0 Å². The first-order chi connectivity index (χ1) is 12.7. The molecule has 0 aliphatic carbocycles. The quantitative estimate of drug-likeness (QED) is 0.728. The normalized spacial score (nSPS) is 11.7. The van der Waals surface area contributed by atoms with Gasteiger partial charge in [-0.1, -0.05) is 18.2 Å². The third kappa shape index (κ3) is 3.67. The maximum Gasteiger partial charge on any atom is 0.291 e. The van der Waals surface area contributed by atoms with E-state index < -0.39 is 15.9 Å². The number of benzene rings is 2. The fourth-order valence-corrected chi connectivity index (χ4v) is 3.58. The highest BCUT2D eigenvalue weighted by atomic mass is 32.2. The van der Waals surface area contributed by atoms with Crippen molar-refractivity contribution in [2.75, 3.05) is 38.4 Å².